The number of fused-ring (bicyclic) bond motifs is 1. The van der Waals surface area contributed by atoms with E-state index in [0.29, 0.717) is 27.9 Å². The molecule has 0 fully saturated rings. The molecule has 0 atom stereocenters. The van der Waals surface area contributed by atoms with E-state index < -0.39 is 17.6 Å². The van der Waals surface area contributed by atoms with Crippen LogP contribution in [0.3, 0.4) is 0 Å². The number of nitrogens with two attached hydrogens (primary N) is 1. The molecular weight excluding hydrogens is 513 g/mol. The van der Waals surface area contributed by atoms with Gasteiger partial charge in [0.2, 0.25) is 0 Å². The van der Waals surface area contributed by atoms with Crippen molar-refractivity contribution in [2.75, 3.05) is 18.2 Å². The molecule has 2 aromatic carbocycles. The summed E-state index contributed by atoms with van der Waals surface area (Å²) in [5.41, 5.74) is 10.2. The number of nitrogen functional groups attached to an aromatic ring is 1. The lowest BCUT2D eigenvalue weighted by atomic mass is 9.99. The molecule has 0 radical (unpaired) electrons. The number of pyridine rings is 2. The first-order valence-corrected chi connectivity index (χ1v) is 12.2. The summed E-state index contributed by atoms with van der Waals surface area (Å²) in [6.45, 7) is 2.00. The van der Waals surface area contributed by atoms with Gasteiger partial charge in [-0.15, -0.1) is 11.3 Å². The molecule has 0 bridgehead atoms. The van der Waals surface area contributed by atoms with Crippen LogP contribution in [0.4, 0.5) is 24.7 Å². The van der Waals surface area contributed by atoms with E-state index in [9.17, 15) is 18.0 Å². The molecule has 0 spiro atoms. The summed E-state index contributed by atoms with van der Waals surface area (Å²) in [7, 11) is 1.59. The zero-order chi connectivity index (χ0) is 27.0. The Morgan fingerprint density at radius 3 is 2.29 bits per heavy atom. The number of thiophene rings is 1. The molecule has 10 heteroatoms. The topological polar surface area (TPSA) is 90.1 Å². The van der Waals surface area contributed by atoms with Crippen LogP contribution in [0.15, 0.2) is 72.9 Å². The van der Waals surface area contributed by atoms with Crippen molar-refractivity contribution in [1.29, 1.82) is 0 Å². The van der Waals surface area contributed by atoms with Gasteiger partial charge in [0.05, 0.1) is 24.1 Å². The number of carbonyl (C=O) groups is 1. The van der Waals surface area contributed by atoms with E-state index >= 15 is 0 Å². The number of hydrogen-bond acceptors (Lipinski definition) is 6. The number of methoxy groups -OCH3 is 1. The number of ether oxygens (including phenoxy) is 1. The van der Waals surface area contributed by atoms with Gasteiger partial charge in [0.25, 0.3) is 5.91 Å². The molecule has 0 unspecified atom stereocenters. The van der Waals surface area contributed by atoms with Crippen molar-refractivity contribution in [1.82, 2.24) is 9.97 Å². The molecule has 0 aliphatic carbocycles. The van der Waals surface area contributed by atoms with Gasteiger partial charge in [-0.1, -0.05) is 42.0 Å². The van der Waals surface area contributed by atoms with E-state index in [1.165, 1.54) is 0 Å². The van der Waals surface area contributed by atoms with Crippen LogP contribution in [-0.2, 0) is 6.18 Å². The maximum atomic E-state index is 13.1. The van der Waals surface area contributed by atoms with Gasteiger partial charge in [-0.3, -0.25) is 4.79 Å². The highest BCUT2D eigenvalue weighted by Gasteiger charge is 2.31. The lowest BCUT2D eigenvalue weighted by Gasteiger charge is -2.10. The number of benzene rings is 2. The number of aromatic nitrogens is 2. The Hall–Kier alpha value is -4.44. The molecule has 3 N–H and O–H groups in total. The standard InChI is InChI=1S/C28H21F3N4O2S/c1-15-3-5-17(6-4-15)21-13-20(16-7-10-19(37-2)11-8-16)23-24(32)25(38-27(23)34-21)26(36)35-22-12-9-18(14-33-22)28(29,30)31/h3-14H,32H2,1-2H3,(H,33,35,36). The minimum absolute atomic E-state index is 0.0245. The van der Waals surface area contributed by atoms with Gasteiger partial charge in [-0.2, -0.15) is 13.2 Å². The van der Waals surface area contributed by atoms with E-state index in [1.807, 2.05) is 61.5 Å². The molecule has 5 aromatic rings. The summed E-state index contributed by atoms with van der Waals surface area (Å²) < 4.78 is 43.9. The number of aryl methyl sites for hydroxylation is 1. The van der Waals surface area contributed by atoms with E-state index in [1.54, 1.807) is 7.11 Å². The average Bonchev–Trinajstić information content (AvgIpc) is 3.25. The average molecular weight is 535 g/mol. The van der Waals surface area contributed by atoms with E-state index in [4.69, 9.17) is 15.5 Å². The molecule has 3 aromatic heterocycles. The third-order valence-corrected chi connectivity index (χ3v) is 7.08. The number of alkyl halides is 3. The van der Waals surface area contributed by atoms with Crippen molar-refractivity contribution in [3.8, 4) is 28.1 Å². The van der Waals surface area contributed by atoms with Gasteiger partial charge in [-0.05, 0) is 48.4 Å². The zero-order valence-corrected chi connectivity index (χ0v) is 21.1. The van der Waals surface area contributed by atoms with E-state index in [2.05, 4.69) is 10.3 Å². The summed E-state index contributed by atoms with van der Waals surface area (Å²) in [5, 5.41) is 3.15. The maximum Gasteiger partial charge on any atom is 0.417 e. The predicted octanol–water partition coefficient (Wildman–Crippen LogP) is 7.20. The fourth-order valence-electron chi connectivity index (χ4n) is 3.97. The highest BCUT2D eigenvalue weighted by atomic mass is 32.1. The first-order chi connectivity index (χ1) is 18.1. The fourth-order valence-corrected chi connectivity index (χ4v) is 4.98. The van der Waals surface area contributed by atoms with Crippen LogP contribution in [0.2, 0.25) is 0 Å². The Bertz CT molecular complexity index is 1630. The van der Waals surface area contributed by atoms with Gasteiger partial charge in [0.1, 0.15) is 21.3 Å². The summed E-state index contributed by atoms with van der Waals surface area (Å²) in [4.78, 5) is 22.4. The number of hydrogen-bond donors (Lipinski definition) is 2. The summed E-state index contributed by atoms with van der Waals surface area (Å²) >= 11 is 1.11. The van der Waals surface area contributed by atoms with Crippen LogP contribution in [0.5, 0.6) is 5.75 Å². The van der Waals surface area contributed by atoms with Crippen LogP contribution in [0.1, 0.15) is 20.8 Å². The molecule has 192 valence electrons. The first-order valence-electron chi connectivity index (χ1n) is 11.4. The van der Waals surface area contributed by atoms with Crippen molar-refractivity contribution < 1.29 is 22.7 Å². The molecule has 0 saturated carbocycles. The first kappa shape index (κ1) is 25.2. The third-order valence-electron chi connectivity index (χ3n) is 5.99. The lowest BCUT2D eigenvalue weighted by Crippen LogP contribution is -2.14. The van der Waals surface area contributed by atoms with Crippen molar-refractivity contribution in [2.45, 2.75) is 13.1 Å². The number of halogens is 3. The summed E-state index contributed by atoms with van der Waals surface area (Å²) in [5.74, 6) is 0.0825. The van der Waals surface area contributed by atoms with Crippen molar-refractivity contribution in [3.63, 3.8) is 0 Å². The largest absolute Gasteiger partial charge is 0.497 e. The normalized spacial score (nSPS) is 11.5. The van der Waals surface area contributed by atoms with Crippen molar-refractivity contribution >= 4 is 39.0 Å². The second-order valence-electron chi connectivity index (χ2n) is 8.56. The van der Waals surface area contributed by atoms with Gasteiger partial charge in [-0.25, -0.2) is 9.97 Å². The van der Waals surface area contributed by atoms with Crippen molar-refractivity contribution in [2.24, 2.45) is 0 Å². The molecule has 3 heterocycles. The number of nitrogens with zero attached hydrogens (tertiary/aromatic N) is 2. The van der Waals surface area contributed by atoms with Crippen LogP contribution in [0.25, 0.3) is 32.6 Å². The Morgan fingerprint density at radius 1 is 1.00 bits per heavy atom. The number of nitrogens with one attached hydrogen (secondary N) is 1. The zero-order valence-electron chi connectivity index (χ0n) is 20.3. The minimum atomic E-state index is -4.52. The van der Waals surface area contributed by atoms with Crippen LogP contribution < -0.4 is 15.8 Å². The van der Waals surface area contributed by atoms with Crippen molar-refractivity contribution in [3.05, 3.63) is 88.9 Å². The van der Waals surface area contributed by atoms with E-state index in [-0.39, 0.29) is 16.4 Å². The van der Waals surface area contributed by atoms with Gasteiger partial charge in [0, 0.05) is 17.1 Å². The van der Waals surface area contributed by atoms with Crippen LogP contribution in [0, 0.1) is 6.92 Å². The lowest BCUT2D eigenvalue weighted by molar-refractivity contribution is -0.137. The molecule has 5 rings (SSSR count). The number of carbonyl (C=O) groups excluding carboxylic acids is 1. The Balaban J connectivity index is 1.59. The molecular formula is C28H21F3N4O2S. The molecule has 0 aliphatic heterocycles. The minimum Gasteiger partial charge on any atom is -0.497 e. The number of rotatable bonds is 5. The molecule has 1 amide bonds. The van der Waals surface area contributed by atoms with Gasteiger partial charge < -0.3 is 15.8 Å². The Morgan fingerprint density at radius 2 is 1.68 bits per heavy atom. The predicted molar refractivity (Wildman–Crippen MR) is 143 cm³/mol. The van der Waals surface area contributed by atoms with Crippen LogP contribution >= 0.6 is 11.3 Å². The fraction of sp³-hybridized carbons (Fsp3) is 0.107. The summed E-state index contributed by atoms with van der Waals surface area (Å²) in [6, 6.07) is 19.3. The molecule has 0 saturated heterocycles. The van der Waals surface area contributed by atoms with Gasteiger partial charge in [0.15, 0.2) is 0 Å². The smallest absolute Gasteiger partial charge is 0.417 e. The van der Waals surface area contributed by atoms with E-state index in [0.717, 1.165) is 45.7 Å². The summed E-state index contributed by atoms with van der Waals surface area (Å²) in [6.07, 6.45) is -3.86. The third kappa shape index (κ3) is 4.90. The Labute approximate surface area is 219 Å². The Kier molecular flexibility index (Phi) is 6.50. The monoisotopic (exact) mass is 534 g/mol. The number of amides is 1. The second kappa shape index (κ2) is 9.79. The molecule has 0 aliphatic rings. The maximum absolute atomic E-state index is 13.1. The van der Waals surface area contributed by atoms with Gasteiger partial charge >= 0.3 is 6.18 Å². The second-order valence-corrected chi connectivity index (χ2v) is 9.56. The molecule has 6 nitrogen and oxygen atoms in total. The highest BCUT2D eigenvalue weighted by molar-refractivity contribution is 7.21. The quantitative estimate of drug-likeness (QED) is 0.249. The van der Waals surface area contributed by atoms with Crippen LogP contribution in [-0.4, -0.2) is 23.0 Å². The molecule has 38 heavy (non-hydrogen) atoms. The SMILES string of the molecule is COc1ccc(-c2cc(-c3ccc(C)cc3)nc3sc(C(=O)Nc4ccc(C(F)(F)F)cn4)c(N)c23)cc1. The highest BCUT2D eigenvalue weighted by Crippen LogP contribution is 2.42. The number of anilines is 2.